The zero-order chi connectivity index (χ0) is 22.9. The molecule has 0 bridgehead atoms. The lowest BCUT2D eigenvalue weighted by molar-refractivity contribution is 0.288. The summed E-state index contributed by atoms with van der Waals surface area (Å²) in [7, 11) is 1.68. The number of aromatic nitrogens is 2. The number of aromatic amines is 1. The lowest BCUT2D eigenvalue weighted by Crippen LogP contribution is -2.26. The molecule has 0 saturated carbocycles. The Morgan fingerprint density at radius 3 is 2.94 bits per heavy atom. The molecule has 3 aromatic rings. The number of hydrogen-bond donors (Lipinski definition) is 1. The lowest BCUT2D eigenvalue weighted by Gasteiger charge is -2.30. The van der Waals surface area contributed by atoms with Crippen molar-refractivity contribution in [3.8, 4) is 17.6 Å². The average Bonchev–Trinajstić information content (AvgIpc) is 3.44. The maximum absolute atomic E-state index is 6.36. The molecule has 1 aliphatic carbocycles. The summed E-state index contributed by atoms with van der Waals surface area (Å²) < 4.78 is 5.35. The third kappa shape index (κ3) is 4.14. The zero-order valence-corrected chi connectivity index (χ0v) is 20.0. The molecule has 33 heavy (non-hydrogen) atoms. The van der Waals surface area contributed by atoms with Gasteiger partial charge in [0, 0.05) is 28.4 Å². The van der Waals surface area contributed by atoms with Crippen LogP contribution in [0.2, 0.25) is 5.02 Å². The van der Waals surface area contributed by atoms with Crippen molar-refractivity contribution < 1.29 is 4.74 Å². The van der Waals surface area contributed by atoms with Gasteiger partial charge in [-0.1, -0.05) is 42.5 Å². The number of nitrogens with zero attached hydrogens (tertiary/aromatic N) is 2. The van der Waals surface area contributed by atoms with Crippen molar-refractivity contribution in [2.75, 3.05) is 13.7 Å². The number of H-pyrrole nitrogens is 1. The van der Waals surface area contributed by atoms with Crippen molar-refractivity contribution in [1.82, 2.24) is 14.9 Å². The summed E-state index contributed by atoms with van der Waals surface area (Å²) in [4.78, 5) is 11.1. The second kappa shape index (κ2) is 9.00. The number of benzene rings is 2. The van der Waals surface area contributed by atoms with Crippen LogP contribution in [0.25, 0.3) is 11.0 Å². The van der Waals surface area contributed by atoms with Crippen LogP contribution in [0, 0.1) is 24.7 Å². The van der Waals surface area contributed by atoms with E-state index in [0.29, 0.717) is 5.92 Å². The van der Waals surface area contributed by atoms with E-state index in [9.17, 15) is 0 Å². The van der Waals surface area contributed by atoms with Crippen LogP contribution in [0.4, 0.5) is 0 Å². The maximum atomic E-state index is 6.36. The third-order valence-corrected chi connectivity index (χ3v) is 7.13. The summed E-state index contributed by atoms with van der Waals surface area (Å²) >= 11 is 6.36. The van der Waals surface area contributed by atoms with E-state index in [4.69, 9.17) is 21.3 Å². The van der Waals surface area contributed by atoms with Gasteiger partial charge in [0.05, 0.1) is 24.2 Å². The van der Waals surface area contributed by atoms with E-state index in [1.807, 2.05) is 43.3 Å². The van der Waals surface area contributed by atoms with Gasteiger partial charge in [0.15, 0.2) is 0 Å². The Balaban J connectivity index is 1.53. The molecule has 5 heteroatoms. The van der Waals surface area contributed by atoms with Crippen LogP contribution in [0.1, 0.15) is 49.2 Å². The maximum Gasteiger partial charge on any atom is 0.130 e. The SMILES string of the molecule is COc1cccc(C#CC2=C(N3CC[C@H](C)[C@H]3c3nc4c(C)c(Cl)ccc4[nH]3)C=CCC2)c1. The van der Waals surface area contributed by atoms with Crippen LogP contribution < -0.4 is 4.74 Å². The molecular formula is C28H28ClN3O. The quantitative estimate of drug-likeness (QED) is 0.452. The number of likely N-dealkylation sites (tertiary alicyclic amines) is 1. The molecule has 168 valence electrons. The highest BCUT2D eigenvalue weighted by atomic mass is 35.5. The number of rotatable bonds is 3. The summed E-state index contributed by atoms with van der Waals surface area (Å²) in [5.41, 5.74) is 6.40. The van der Waals surface area contributed by atoms with Crippen LogP contribution in [0.3, 0.4) is 0 Å². The van der Waals surface area contributed by atoms with E-state index < -0.39 is 0 Å². The van der Waals surface area contributed by atoms with Crippen molar-refractivity contribution in [2.24, 2.45) is 5.92 Å². The first kappa shape index (κ1) is 21.7. The first-order valence-corrected chi connectivity index (χ1v) is 11.9. The Morgan fingerprint density at radius 2 is 2.09 bits per heavy atom. The Morgan fingerprint density at radius 1 is 1.21 bits per heavy atom. The standard InChI is InChI=1S/C28H28ClN3O/c1-18-15-16-32(27(18)28-30-24-14-13-23(29)19(2)26(24)31-28)25-10-5-4-8-21(25)12-11-20-7-6-9-22(17-20)33-3/h5-7,9-10,13-14,17-18,27H,4,8,15-16H2,1-3H3,(H,30,31)/t18-,27-/m0/s1. The number of allylic oxidation sites excluding steroid dienone is 3. The van der Waals surface area contributed by atoms with Crippen LogP contribution in [0.5, 0.6) is 5.75 Å². The molecule has 0 radical (unpaired) electrons. The minimum absolute atomic E-state index is 0.182. The normalized spacial score (nSPS) is 20.3. The molecule has 0 unspecified atom stereocenters. The fraction of sp³-hybridized carbons (Fsp3) is 0.321. The smallest absolute Gasteiger partial charge is 0.130 e. The van der Waals surface area contributed by atoms with Gasteiger partial charge in [-0.25, -0.2) is 4.98 Å². The highest BCUT2D eigenvalue weighted by Gasteiger charge is 2.36. The van der Waals surface area contributed by atoms with Gasteiger partial charge in [-0.2, -0.15) is 0 Å². The zero-order valence-electron chi connectivity index (χ0n) is 19.3. The monoisotopic (exact) mass is 457 g/mol. The molecule has 0 spiro atoms. The molecule has 1 aromatic heterocycles. The van der Waals surface area contributed by atoms with Crippen LogP contribution in [-0.2, 0) is 0 Å². The predicted molar refractivity (Wildman–Crippen MR) is 134 cm³/mol. The molecule has 2 aliphatic rings. The fourth-order valence-corrected chi connectivity index (χ4v) is 5.03. The number of imidazole rings is 1. The van der Waals surface area contributed by atoms with E-state index in [-0.39, 0.29) is 6.04 Å². The molecule has 1 fully saturated rings. The molecule has 2 atom stereocenters. The van der Waals surface area contributed by atoms with Crippen LogP contribution in [-0.4, -0.2) is 28.5 Å². The molecule has 1 N–H and O–H groups in total. The van der Waals surface area contributed by atoms with Crippen LogP contribution >= 0.6 is 11.6 Å². The molecule has 2 aromatic carbocycles. The number of nitrogens with one attached hydrogen (secondary N) is 1. The van der Waals surface area contributed by atoms with E-state index in [2.05, 4.69) is 40.8 Å². The molecular weight excluding hydrogens is 430 g/mol. The number of halogens is 1. The molecule has 1 saturated heterocycles. The second-order valence-electron chi connectivity index (χ2n) is 8.88. The molecule has 5 rings (SSSR count). The molecule has 0 amide bonds. The Hall–Kier alpha value is -3.16. The van der Waals surface area contributed by atoms with E-state index in [1.54, 1.807) is 7.11 Å². The molecule has 1 aliphatic heterocycles. The first-order valence-electron chi connectivity index (χ1n) is 11.5. The Bertz CT molecular complexity index is 1320. The number of hydrogen-bond acceptors (Lipinski definition) is 3. The average molecular weight is 458 g/mol. The van der Waals surface area contributed by atoms with Crippen molar-refractivity contribution >= 4 is 22.6 Å². The van der Waals surface area contributed by atoms with E-state index >= 15 is 0 Å². The summed E-state index contributed by atoms with van der Waals surface area (Å²) in [5.74, 6) is 9.15. The fourth-order valence-electron chi connectivity index (χ4n) is 4.88. The van der Waals surface area contributed by atoms with Gasteiger partial charge in [-0.05, 0) is 74.1 Å². The van der Waals surface area contributed by atoms with Gasteiger partial charge >= 0.3 is 0 Å². The summed E-state index contributed by atoms with van der Waals surface area (Å²) in [6.45, 7) is 5.34. The first-order chi connectivity index (χ1) is 16.0. The topological polar surface area (TPSA) is 41.1 Å². The summed E-state index contributed by atoms with van der Waals surface area (Å²) in [6.07, 6.45) is 7.59. The minimum Gasteiger partial charge on any atom is -0.497 e. The highest BCUT2D eigenvalue weighted by molar-refractivity contribution is 6.32. The number of methoxy groups -OCH3 is 1. The minimum atomic E-state index is 0.182. The molecule has 4 nitrogen and oxygen atoms in total. The van der Waals surface area contributed by atoms with Gasteiger partial charge in [0.25, 0.3) is 0 Å². The van der Waals surface area contributed by atoms with Crippen molar-refractivity contribution in [3.63, 3.8) is 0 Å². The van der Waals surface area contributed by atoms with Crippen molar-refractivity contribution in [2.45, 2.75) is 39.2 Å². The number of aryl methyl sites for hydroxylation is 1. The Kier molecular flexibility index (Phi) is 5.91. The van der Waals surface area contributed by atoms with Gasteiger partial charge in [-0.3, -0.25) is 0 Å². The van der Waals surface area contributed by atoms with Gasteiger partial charge < -0.3 is 14.6 Å². The summed E-state index contributed by atoms with van der Waals surface area (Å²) in [5, 5.41) is 0.755. The highest BCUT2D eigenvalue weighted by Crippen LogP contribution is 2.41. The third-order valence-electron chi connectivity index (χ3n) is 6.72. The molecule has 2 heterocycles. The van der Waals surface area contributed by atoms with Crippen molar-refractivity contribution in [3.05, 3.63) is 81.8 Å². The summed E-state index contributed by atoms with van der Waals surface area (Å²) in [6, 6.07) is 12.1. The van der Waals surface area contributed by atoms with Gasteiger partial charge in [-0.15, -0.1) is 0 Å². The largest absolute Gasteiger partial charge is 0.497 e. The van der Waals surface area contributed by atoms with Crippen molar-refractivity contribution in [1.29, 1.82) is 0 Å². The second-order valence-corrected chi connectivity index (χ2v) is 9.29. The Labute approximate surface area is 200 Å². The van der Waals surface area contributed by atoms with Gasteiger partial charge in [0.1, 0.15) is 11.6 Å². The predicted octanol–water partition coefficient (Wildman–Crippen LogP) is 6.57. The van der Waals surface area contributed by atoms with E-state index in [1.165, 1.54) is 11.3 Å². The van der Waals surface area contributed by atoms with Gasteiger partial charge in [0.2, 0.25) is 0 Å². The van der Waals surface area contributed by atoms with Crippen LogP contribution in [0.15, 0.2) is 59.8 Å². The number of ether oxygens (including phenoxy) is 1. The van der Waals surface area contributed by atoms with E-state index in [0.717, 1.165) is 64.6 Å². The lowest BCUT2D eigenvalue weighted by atomic mass is 9.98. The number of fused-ring (bicyclic) bond motifs is 1.